The molecule has 6 heteroatoms. The van der Waals surface area contributed by atoms with Gasteiger partial charge in [0.05, 0.1) is 0 Å². The van der Waals surface area contributed by atoms with E-state index >= 15 is 0 Å². The molecule has 0 bridgehead atoms. The lowest BCUT2D eigenvalue weighted by Gasteiger charge is -2.37. The van der Waals surface area contributed by atoms with Gasteiger partial charge in [-0.3, -0.25) is 4.98 Å². The predicted octanol–water partition coefficient (Wildman–Crippen LogP) is 3.25. The Hall–Kier alpha value is -1.85. The Morgan fingerprint density at radius 2 is 1.64 bits per heavy atom. The van der Waals surface area contributed by atoms with E-state index in [1.54, 1.807) is 0 Å². The van der Waals surface area contributed by atoms with Crippen molar-refractivity contribution in [3.8, 4) is 0 Å². The lowest BCUT2D eigenvalue weighted by molar-refractivity contribution is 0.391. The molecule has 3 rings (SSSR count). The van der Waals surface area contributed by atoms with Crippen molar-refractivity contribution < 1.29 is 0 Å². The highest BCUT2D eigenvalue weighted by Crippen LogP contribution is 2.17. The largest absolute Gasteiger partial charge is 0.368 e. The van der Waals surface area contributed by atoms with E-state index in [0.29, 0.717) is 0 Å². The van der Waals surface area contributed by atoms with Crippen LogP contribution >= 0.6 is 23.8 Å². The van der Waals surface area contributed by atoms with Crippen molar-refractivity contribution in [1.29, 1.82) is 0 Å². The summed E-state index contributed by atoms with van der Waals surface area (Å²) in [5.74, 6) is 0. The third-order valence-electron chi connectivity index (χ3n) is 3.69. The summed E-state index contributed by atoms with van der Waals surface area (Å²) in [4.78, 5) is 8.61. The topological polar surface area (TPSA) is 31.4 Å². The zero-order valence-corrected chi connectivity index (χ0v) is 13.6. The maximum Gasteiger partial charge on any atom is 0.173 e. The van der Waals surface area contributed by atoms with E-state index in [1.807, 2.05) is 48.8 Å². The molecule has 0 unspecified atom stereocenters. The van der Waals surface area contributed by atoms with Crippen LogP contribution in [-0.2, 0) is 0 Å². The number of nitrogens with zero attached hydrogens (tertiary/aromatic N) is 3. The van der Waals surface area contributed by atoms with Crippen molar-refractivity contribution in [1.82, 2.24) is 9.88 Å². The fraction of sp³-hybridized carbons (Fsp3) is 0.250. The molecule has 0 saturated carbocycles. The number of rotatable bonds is 2. The minimum atomic E-state index is 0.724. The Kier molecular flexibility index (Phi) is 4.75. The molecule has 2 heterocycles. The van der Waals surface area contributed by atoms with Crippen molar-refractivity contribution in [3.05, 3.63) is 53.8 Å². The quantitative estimate of drug-likeness (QED) is 0.853. The zero-order chi connectivity index (χ0) is 15.4. The molecule has 2 aromatic rings. The Morgan fingerprint density at radius 1 is 1.00 bits per heavy atom. The molecule has 0 aliphatic carbocycles. The van der Waals surface area contributed by atoms with Gasteiger partial charge < -0.3 is 15.1 Å². The van der Waals surface area contributed by atoms with Gasteiger partial charge in [0, 0.05) is 55.0 Å². The van der Waals surface area contributed by atoms with Gasteiger partial charge in [0.2, 0.25) is 0 Å². The fourth-order valence-electron chi connectivity index (χ4n) is 2.46. The monoisotopic (exact) mass is 332 g/mol. The summed E-state index contributed by atoms with van der Waals surface area (Å²) in [6.07, 6.45) is 3.66. The number of nitrogens with one attached hydrogen (secondary N) is 1. The van der Waals surface area contributed by atoms with Crippen LogP contribution in [-0.4, -0.2) is 41.2 Å². The highest BCUT2D eigenvalue weighted by atomic mass is 35.5. The Bertz CT molecular complexity index is 624. The average molecular weight is 333 g/mol. The maximum absolute atomic E-state index is 5.89. The van der Waals surface area contributed by atoms with Crippen molar-refractivity contribution >= 4 is 40.3 Å². The highest BCUT2D eigenvalue weighted by Gasteiger charge is 2.19. The predicted molar refractivity (Wildman–Crippen MR) is 95.7 cm³/mol. The third-order valence-corrected chi connectivity index (χ3v) is 4.30. The van der Waals surface area contributed by atoms with Gasteiger partial charge in [0.15, 0.2) is 5.11 Å². The number of hydrogen-bond donors (Lipinski definition) is 1. The number of aromatic nitrogens is 1. The number of halogens is 1. The number of pyridine rings is 1. The first-order chi connectivity index (χ1) is 10.7. The first kappa shape index (κ1) is 15.1. The molecule has 22 heavy (non-hydrogen) atoms. The first-order valence-corrected chi connectivity index (χ1v) is 7.97. The van der Waals surface area contributed by atoms with Gasteiger partial charge in [-0.15, -0.1) is 0 Å². The van der Waals surface area contributed by atoms with Crippen LogP contribution in [0.2, 0.25) is 5.02 Å². The highest BCUT2D eigenvalue weighted by molar-refractivity contribution is 7.80. The van der Waals surface area contributed by atoms with Crippen LogP contribution in [0.1, 0.15) is 0 Å². The van der Waals surface area contributed by atoms with E-state index in [-0.39, 0.29) is 0 Å². The van der Waals surface area contributed by atoms with Crippen molar-refractivity contribution in [2.75, 3.05) is 36.4 Å². The molecular formula is C16H17ClN4S. The van der Waals surface area contributed by atoms with Crippen LogP contribution in [0.15, 0.2) is 48.8 Å². The molecule has 1 aliphatic heterocycles. The van der Waals surface area contributed by atoms with Gasteiger partial charge in [-0.05, 0) is 48.6 Å². The summed E-state index contributed by atoms with van der Waals surface area (Å²) in [6.45, 7) is 3.71. The molecule has 0 amide bonds. The van der Waals surface area contributed by atoms with E-state index < -0.39 is 0 Å². The SMILES string of the molecule is S=C(Nc1ccc(Cl)cc1)N1CCN(c2ccncc2)CC1. The van der Waals surface area contributed by atoms with E-state index in [1.165, 1.54) is 5.69 Å². The van der Waals surface area contributed by atoms with Gasteiger partial charge in [-0.1, -0.05) is 11.6 Å². The van der Waals surface area contributed by atoms with Crippen LogP contribution in [0, 0.1) is 0 Å². The molecule has 1 aromatic heterocycles. The minimum absolute atomic E-state index is 0.724. The second-order valence-corrected chi connectivity index (χ2v) is 5.94. The first-order valence-electron chi connectivity index (χ1n) is 7.19. The van der Waals surface area contributed by atoms with Crippen LogP contribution in [0.3, 0.4) is 0 Å². The maximum atomic E-state index is 5.89. The number of hydrogen-bond acceptors (Lipinski definition) is 3. The molecular weight excluding hydrogens is 316 g/mol. The average Bonchev–Trinajstić information content (AvgIpc) is 2.58. The molecule has 1 saturated heterocycles. The molecule has 1 fully saturated rings. The molecule has 1 aromatic carbocycles. The number of thiocarbonyl (C=S) groups is 1. The summed E-state index contributed by atoms with van der Waals surface area (Å²) < 4.78 is 0. The van der Waals surface area contributed by atoms with Crippen LogP contribution in [0.4, 0.5) is 11.4 Å². The van der Waals surface area contributed by atoms with Crippen molar-refractivity contribution in [2.45, 2.75) is 0 Å². The summed E-state index contributed by atoms with van der Waals surface area (Å²) in [7, 11) is 0. The molecule has 0 atom stereocenters. The number of anilines is 2. The molecule has 0 spiro atoms. The lowest BCUT2D eigenvalue weighted by atomic mass is 10.2. The summed E-state index contributed by atoms with van der Waals surface area (Å²) in [5.41, 5.74) is 2.18. The summed E-state index contributed by atoms with van der Waals surface area (Å²) in [6, 6.07) is 11.7. The van der Waals surface area contributed by atoms with Crippen molar-refractivity contribution in [3.63, 3.8) is 0 Å². The van der Waals surface area contributed by atoms with Crippen LogP contribution in [0.25, 0.3) is 0 Å². The second kappa shape index (κ2) is 6.94. The van der Waals surface area contributed by atoms with E-state index in [2.05, 4.69) is 20.1 Å². The molecule has 1 N–H and O–H groups in total. The summed E-state index contributed by atoms with van der Waals surface area (Å²) >= 11 is 11.4. The second-order valence-electron chi connectivity index (χ2n) is 5.12. The zero-order valence-electron chi connectivity index (χ0n) is 12.1. The Morgan fingerprint density at radius 3 is 2.27 bits per heavy atom. The van der Waals surface area contributed by atoms with Gasteiger partial charge in [-0.2, -0.15) is 0 Å². The van der Waals surface area contributed by atoms with Crippen molar-refractivity contribution in [2.24, 2.45) is 0 Å². The number of benzene rings is 1. The third kappa shape index (κ3) is 3.67. The van der Waals surface area contributed by atoms with E-state index in [0.717, 1.165) is 42.0 Å². The van der Waals surface area contributed by atoms with E-state index in [9.17, 15) is 0 Å². The van der Waals surface area contributed by atoms with Crippen LogP contribution in [0.5, 0.6) is 0 Å². The van der Waals surface area contributed by atoms with Crippen LogP contribution < -0.4 is 10.2 Å². The Balaban J connectivity index is 1.54. The normalized spacial score (nSPS) is 14.8. The summed E-state index contributed by atoms with van der Waals surface area (Å²) in [5, 5.41) is 4.75. The van der Waals surface area contributed by atoms with Gasteiger partial charge in [-0.25, -0.2) is 0 Å². The number of piperazine rings is 1. The van der Waals surface area contributed by atoms with Gasteiger partial charge in [0.25, 0.3) is 0 Å². The fourth-order valence-corrected chi connectivity index (χ4v) is 2.88. The van der Waals surface area contributed by atoms with Gasteiger partial charge in [0.1, 0.15) is 0 Å². The minimum Gasteiger partial charge on any atom is -0.368 e. The smallest absolute Gasteiger partial charge is 0.173 e. The molecule has 0 radical (unpaired) electrons. The van der Waals surface area contributed by atoms with Gasteiger partial charge >= 0.3 is 0 Å². The molecule has 4 nitrogen and oxygen atoms in total. The molecule has 114 valence electrons. The molecule has 1 aliphatic rings. The lowest BCUT2D eigenvalue weighted by Crippen LogP contribution is -2.50. The van der Waals surface area contributed by atoms with E-state index in [4.69, 9.17) is 23.8 Å². The standard InChI is InChI=1S/C16H17ClN4S/c17-13-1-3-14(4-2-13)19-16(22)21-11-9-20(10-12-21)15-5-7-18-8-6-15/h1-8H,9-12H2,(H,19,22). The Labute approximate surface area is 140 Å².